The molecule has 2 aliphatic heterocycles. The van der Waals surface area contributed by atoms with Crippen LogP contribution in [0.15, 0.2) is 36.4 Å². The van der Waals surface area contributed by atoms with Gasteiger partial charge in [0.05, 0.1) is 25.0 Å². The van der Waals surface area contributed by atoms with Gasteiger partial charge in [-0.15, -0.1) is 0 Å². The highest BCUT2D eigenvalue weighted by Crippen LogP contribution is 2.35. The highest BCUT2D eigenvalue weighted by Gasteiger charge is 2.55. The van der Waals surface area contributed by atoms with Gasteiger partial charge in [0.25, 0.3) is 5.91 Å². The predicted octanol–water partition coefficient (Wildman–Crippen LogP) is 2.79. The molecule has 0 aliphatic carbocycles. The molecule has 314 valence electrons. The van der Waals surface area contributed by atoms with Gasteiger partial charge < -0.3 is 53.8 Å². The van der Waals surface area contributed by atoms with Crippen LogP contribution in [0, 0.1) is 0 Å². The fourth-order valence-corrected chi connectivity index (χ4v) is 6.63. The number of nitrogens with two attached hydrogens (primary N) is 1. The van der Waals surface area contributed by atoms with Crippen LogP contribution in [0.3, 0.4) is 0 Å². The summed E-state index contributed by atoms with van der Waals surface area (Å²) < 4.78 is 81.0. The molecule has 0 bridgehead atoms. The van der Waals surface area contributed by atoms with Crippen LogP contribution in [0.5, 0.6) is 11.5 Å². The number of amides is 1. The Kier molecular flexibility index (Phi) is 15.9. The molecule has 19 heteroatoms. The van der Waals surface area contributed by atoms with Crippen molar-refractivity contribution in [3.05, 3.63) is 53.1 Å². The summed E-state index contributed by atoms with van der Waals surface area (Å²) in [6, 6.07) is 9.82. The summed E-state index contributed by atoms with van der Waals surface area (Å²) in [6.07, 6.45) is -10.4. The van der Waals surface area contributed by atoms with Crippen molar-refractivity contribution < 1.29 is 75.0 Å². The lowest BCUT2D eigenvalue weighted by Gasteiger charge is -2.43. The predicted molar refractivity (Wildman–Crippen MR) is 193 cm³/mol. The Morgan fingerprint density at radius 3 is 2.18 bits per heavy atom. The molecule has 1 saturated heterocycles. The van der Waals surface area contributed by atoms with Crippen LogP contribution in [-0.2, 0) is 60.4 Å². The lowest BCUT2D eigenvalue weighted by Crippen LogP contribution is -2.63. The second kappa shape index (κ2) is 20.3. The number of hydrogen-bond donors (Lipinski definition) is 2. The molecule has 1 fully saturated rings. The number of nitrogens with zero attached hydrogens (tertiary/aromatic N) is 1. The van der Waals surface area contributed by atoms with E-state index in [0.717, 1.165) is 39.0 Å². The zero-order chi connectivity index (χ0) is 41.9. The molecule has 2 aromatic carbocycles. The standard InChI is InChI=1S/C38H48F3N3O13/c1-21(43-12-16-51-28-9-6-7-10-29(28)53-20-38(39,40)41)17-25-18-26-11-14-44(30(26)27(19-25)35(42)48)13-8-15-52-37-34(56-24(4)47)32(55-23(3)46)31(54-22(2)45)33(57-37)36(49)50-5/h6-7,9-10,18-19,21,31-34,37,43H,8,11-17,20H2,1-5H3,(H2,42,48)/t21-,31+,32+,33+,34-,37-/m1/s1. The molecule has 0 unspecified atom stereocenters. The normalized spacial score (nSPS) is 20.8. The van der Waals surface area contributed by atoms with Gasteiger partial charge in [-0.25, -0.2) is 4.79 Å². The minimum atomic E-state index is -4.48. The zero-order valence-electron chi connectivity index (χ0n) is 32.3. The number of carbonyl (C=O) groups excluding carboxylic acids is 5. The molecular formula is C38H48F3N3O13. The van der Waals surface area contributed by atoms with Crippen molar-refractivity contribution in [2.24, 2.45) is 5.73 Å². The topological polar surface area (TPSA) is 200 Å². The molecule has 4 rings (SSSR count). The number of esters is 4. The van der Waals surface area contributed by atoms with Crippen LogP contribution >= 0.6 is 0 Å². The van der Waals surface area contributed by atoms with Gasteiger partial charge in [0.1, 0.15) is 6.61 Å². The van der Waals surface area contributed by atoms with Crippen LogP contribution in [0.25, 0.3) is 0 Å². The van der Waals surface area contributed by atoms with Crippen molar-refractivity contribution in [1.82, 2.24) is 5.32 Å². The van der Waals surface area contributed by atoms with Crippen LogP contribution in [0.1, 0.15) is 55.6 Å². The van der Waals surface area contributed by atoms with Crippen LogP contribution in [0.2, 0.25) is 0 Å². The average Bonchev–Trinajstić information content (AvgIpc) is 3.54. The Morgan fingerprint density at radius 1 is 0.930 bits per heavy atom. The van der Waals surface area contributed by atoms with E-state index < -0.39 is 73.3 Å². The molecule has 2 aliphatic rings. The minimum Gasteiger partial charge on any atom is -0.488 e. The number of hydrogen-bond acceptors (Lipinski definition) is 15. The number of ether oxygens (including phenoxy) is 8. The molecule has 16 nitrogen and oxygen atoms in total. The maximum Gasteiger partial charge on any atom is 0.422 e. The first-order valence-electron chi connectivity index (χ1n) is 18.2. The first kappa shape index (κ1) is 44.6. The van der Waals surface area contributed by atoms with Crippen molar-refractivity contribution in [2.45, 2.75) is 89.9 Å². The number of benzene rings is 2. The molecule has 0 spiro atoms. The number of carbonyl (C=O) groups is 5. The van der Waals surface area contributed by atoms with Crippen molar-refractivity contribution in [3.63, 3.8) is 0 Å². The first-order valence-corrected chi connectivity index (χ1v) is 18.2. The van der Waals surface area contributed by atoms with Crippen molar-refractivity contribution >= 4 is 35.5 Å². The second-order valence-corrected chi connectivity index (χ2v) is 13.4. The van der Waals surface area contributed by atoms with E-state index in [1.54, 1.807) is 18.2 Å². The maximum absolute atomic E-state index is 12.7. The van der Waals surface area contributed by atoms with E-state index in [9.17, 15) is 37.1 Å². The van der Waals surface area contributed by atoms with Gasteiger partial charge in [0.2, 0.25) is 0 Å². The third kappa shape index (κ3) is 12.9. The molecule has 6 atom stereocenters. The zero-order valence-corrected chi connectivity index (χ0v) is 32.3. The average molecular weight is 812 g/mol. The summed E-state index contributed by atoms with van der Waals surface area (Å²) in [5.74, 6) is -3.78. The summed E-state index contributed by atoms with van der Waals surface area (Å²) in [5, 5.41) is 3.32. The number of primary amides is 1. The number of halogens is 3. The monoisotopic (exact) mass is 811 g/mol. The second-order valence-electron chi connectivity index (χ2n) is 13.4. The number of nitrogens with one attached hydrogen (secondary N) is 1. The van der Waals surface area contributed by atoms with Gasteiger partial charge in [0.15, 0.2) is 48.8 Å². The van der Waals surface area contributed by atoms with Crippen LogP contribution in [0.4, 0.5) is 18.9 Å². The lowest BCUT2D eigenvalue weighted by atomic mass is 9.97. The van der Waals surface area contributed by atoms with E-state index in [1.165, 1.54) is 12.1 Å². The van der Waals surface area contributed by atoms with Gasteiger partial charge in [-0.2, -0.15) is 13.2 Å². The van der Waals surface area contributed by atoms with Gasteiger partial charge in [0, 0.05) is 46.4 Å². The van der Waals surface area contributed by atoms with Crippen molar-refractivity contribution in [1.29, 1.82) is 0 Å². The van der Waals surface area contributed by atoms with Gasteiger partial charge >= 0.3 is 30.1 Å². The molecule has 0 radical (unpaired) electrons. The largest absolute Gasteiger partial charge is 0.488 e. The summed E-state index contributed by atoms with van der Waals surface area (Å²) in [6.45, 7) is 5.33. The Morgan fingerprint density at radius 2 is 1.56 bits per heavy atom. The number of rotatable bonds is 19. The third-order valence-electron chi connectivity index (χ3n) is 8.81. The summed E-state index contributed by atoms with van der Waals surface area (Å²) in [4.78, 5) is 63.4. The molecule has 3 N–H and O–H groups in total. The molecule has 2 aromatic rings. The fraction of sp³-hybridized carbons (Fsp3) is 0.553. The Hall–Kier alpha value is -5.14. The van der Waals surface area contributed by atoms with Gasteiger partial charge in [-0.3, -0.25) is 19.2 Å². The third-order valence-corrected chi connectivity index (χ3v) is 8.81. The van der Waals surface area contributed by atoms with E-state index >= 15 is 0 Å². The molecule has 0 aromatic heterocycles. The van der Waals surface area contributed by atoms with Crippen LogP contribution in [-0.4, -0.2) is 119 Å². The number of fused-ring (bicyclic) bond motifs is 1. The number of para-hydroxylation sites is 2. The fourth-order valence-electron chi connectivity index (χ4n) is 6.63. The van der Waals surface area contributed by atoms with E-state index in [2.05, 4.69) is 5.32 Å². The molecule has 1 amide bonds. The number of alkyl halides is 3. The SMILES string of the molecule is COC(=O)[C@H]1O[C@@H](OCCCN2CCc3cc(C[C@@H](C)NCCOc4ccccc4OCC(F)(F)F)cc(C(N)=O)c32)[C@H](OC(C)=O)[C@@H](OC(C)=O)[C@@H]1OC(C)=O. The molecule has 2 heterocycles. The van der Waals surface area contributed by atoms with Crippen molar-refractivity contribution in [3.8, 4) is 11.5 Å². The quantitative estimate of drug-likeness (QED) is 0.119. The van der Waals surface area contributed by atoms with E-state index in [-0.39, 0.29) is 30.8 Å². The molecular weight excluding hydrogens is 763 g/mol. The molecule has 57 heavy (non-hydrogen) atoms. The maximum atomic E-state index is 12.7. The summed E-state index contributed by atoms with van der Waals surface area (Å²) >= 11 is 0. The van der Waals surface area contributed by atoms with Crippen molar-refractivity contribution in [2.75, 3.05) is 51.5 Å². The Bertz CT molecular complexity index is 1740. The Labute approximate surface area is 327 Å². The van der Waals surface area contributed by atoms with Gasteiger partial charge in [-0.1, -0.05) is 18.2 Å². The van der Waals surface area contributed by atoms with Gasteiger partial charge in [-0.05, 0) is 55.5 Å². The highest BCUT2D eigenvalue weighted by molar-refractivity contribution is 6.00. The highest BCUT2D eigenvalue weighted by atomic mass is 19.4. The summed E-state index contributed by atoms with van der Waals surface area (Å²) in [5.41, 5.74) is 8.70. The minimum absolute atomic E-state index is 0.00374. The Balaban J connectivity index is 1.36. The number of anilines is 1. The van der Waals surface area contributed by atoms with Crippen LogP contribution < -0.4 is 25.4 Å². The van der Waals surface area contributed by atoms with E-state index in [1.807, 2.05) is 17.9 Å². The summed E-state index contributed by atoms with van der Waals surface area (Å²) in [7, 11) is 1.09. The van der Waals surface area contributed by atoms with E-state index in [0.29, 0.717) is 50.1 Å². The van der Waals surface area contributed by atoms with E-state index in [4.69, 9.17) is 43.6 Å². The lowest BCUT2D eigenvalue weighted by molar-refractivity contribution is -0.301. The number of methoxy groups -OCH3 is 1. The smallest absolute Gasteiger partial charge is 0.422 e. The molecule has 0 saturated carbocycles. The first-order chi connectivity index (χ1) is 27.0.